The summed E-state index contributed by atoms with van der Waals surface area (Å²) in [7, 11) is 0. The number of nitrogens with one attached hydrogen (secondary N) is 1. The molecule has 0 aliphatic carbocycles. The van der Waals surface area contributed by atoms with E-state index < -0.39 is 5.82 Å². The summed E-state index contributed by atoms with van der Waals surface area (Å²) < 4.78 is 22.3. The van der Waals surface area contributed by atoms with Crippen molar-refractivity contribution in [2.75, 3.05) is 31.3 Å². The van der Waals surface area contributed by atoms with Gasteiger partial charge >= 0.3 is 0 Å². The Morgan fingerprint density at radius 1 is 1.30 bits per heavy atom. The molecule has 0 spiro atoms. The van der Waals surface area contributed by atoms with E-state index in [2.05, 4.69) is 32.2 Å². The number of nitrogens with zero attached hydrogens (tertiary/aromatic N) is 6. The largest absolute Gasteiger partial charge is 0.471 e. The van der Waals surface area contributed by atoms with Gasteiger partial charge in [-0.2, -0.15) is 5.10 Å². The van der Waals surface area contributed by atoms with Gasteiger partial charge in [0.25, 0.3) is 5.91 Å². The number of hydrogen-bond acceptors (Lipinski definition) is 8. The molecule has 2 fully saturated rings. The molecule has 33 heavy (non-hydrogen) atoms. The SMILES string of the molecule is CCN1CC[C@H]2NC(=O)c3cnn4ccc(nc34)N3OCC[C@@H]3c3cc(F)cnc3OC2C1. The number of fused-ring (bicyclic) bond motifs is 6. The number of likely N-dealkylation sites (tertiary alicyclic amines) is 1. The summed E-state index contributed by atoms with van der Waals surface area (Å²) in [6.45, 7) is 4.87. The Morgan fingerprint density at radius 3 is 3.09 bits per heavy atom. The van der Waals surface area contributed by atoms with E-state index in [-0.39, 0.29) is 24.1 Å². The highest BCUT2D eigenvalue weighted by atomic mass is 19.1. The van der Waals surface area contributed by atoms with Crippen LogP contribution in [0.5, 0.6) is 5.88 Å². The Kier molecular flexibility index (Phi) is 4.88. The van der Waals surface area contributed by atoms with Gasteiger partial charge in [0.1, 0.15) is 17.5 Å². The van der Waals surface area contributed by atoms with Crippen LogP contribution in [0.2, 0.25) is 0 Å². The van der Waals surface area contributed by atoms with Gasteiger partial charge in [0.05, 0.1) is 31.1 Å². The van der Waals surface area contributed by atoms with Crippen LogP contribution in [0.25, 0.3) is 5.65 Å². The van der Waals surface area contributed by atoms with Gasteiger partial charge in [-0.25, -0.2) is 23.9 Å². The van der Waals surface area contributed by atoms with Crippen LogP contribution in [0.1, 0.15) is 41.7 Å². The molecule has 11 heteroatoms. The molecule has 3 aliphatic heterocycles. The van der Waals surface area contributed by atoms with Crippen LogP contribution in [-0.2, 0) is 4.84 Å². The normalized spacial score (nSPS) is 25.3. The summed E-state index contributed by atoms with van der Waals surface area (Å²) >= 11 is 0. The molecule has 2 bridgehead atoms. The van der Waals surface area contributed by atoms with Crippen LogP contribution in [0.4, 0.5) is 10.2 Å². The summed E-state index contributed by atoms with van der Waals surface area (Å²) in [6.07, 6.45) is 5.40. The molecule has 172 valence electrons. The number of hydroxylamine groups is 1. The molecule has 0 saturated carbocycles. The topological polar surface area (TPSA) is 97.1 Å². The van der Waals surface area contributed by atoms with Crippen molar-refractivity contribution in [3.05, 3.63) is 47.7 Å². The van der Waals surface area contributed by atoms with Crippen LogP contribution in [-0.4, -0.2) is 68.8 Å². The molecule has 3 atom stereocenters. The average Bonchev–Trinajstić information content (AvgIpc) is 3.47. The summed E-state index contributed by atoms with van der Waals surface area (Å²) in [4.78, 5) is 30.4. The fourth-order valence-electron chi connectivity index (χ4n) is 4.84. The molecule has 10 nitrogen and oxygen atoms in total. The molecule has 3 aliphatic rings. The molecule has 3 aromatic rings. The highest BCUT2D eigenvalue weighted by Crippen LogP contribution is 2.38. The number of likely N-dealkylation sites (N-methyl/N-ethyl adjacent to an activating group) is 1. The summed E-state index contributed by atoms with van der Waals surface area (Å²) in [5.74, 6) is 0.147. The number of anilines is 1. The van der Waals surface area contributed by atoms with E-state index >= 15 is 0 Å². The van der Waals surface area contributed by atoms with Crippen LogP contribution in [0.15, 0.2) is 30.7 Å². The first kappa shape index (κ1) is 20.3. The van der Waals surface area contributed by atoms with Crippen molar-refractivity contribution < 1.29 is 18.8 Å². The number of carbonyl (C=O) groups excluding carboxylic acids is 1. The number of piperidine rings is 1. The molecular formula is C22H24FN7O3. The zero-order valence-corrected chi connectivity index (χ0v) is 18.1. The van der Waals surface area contributed by atoms with Gasteiger partial charge in [-0.1, -0.05) is 6.92 Å². The number of pyridine rings is 1. The molecule has 2 saturated heterocycles. The Bertz CT molecular complexity index is 1220. The third-order valence-corrected chi connectivity index (χ3v) is 6.60. The lowest BCUT2D eigenvalue weighted by atomic mass is 10.0. The van der Waals surface area contributed by atoms with Crippen molar-refractivity contribution in [3.8, 4) is 5.88 Å². The van der Waals surface area contributed by atoms with Crippen molar-refractivity contribution in [2.45, 2.75) is 38.0 Å². The number of carbonyl (C=O) groups is 1. The van der Waals surface area contributed by atoms with Gasteiger partial charge < -0.3 is 10.1 Å². The minimum atomic E-state index is -0.446. The highest BCUT2D eigenvalue weighted by molar-refractivity contribution is 6.00. The molecule has 1 unspecified atom stereocenters. The predicted octanol–water partition coefficient (Wildman–Crippen LogP) is 1.73. The second-order valence-electron chi connectivity index (χ2n) is 8.54. The summed E-state index contributed by atoms with van der Waals surface area (Å²) in [5, 5.41) is 9.04. The minimum Gasteiger partial charge on any atom is -0.471 e. The lowest BCUT2D eigenvalue weighted by Crippen LogP contribution is -2.56. The van der Waals surface area contributed by atoms with E-state index in [0.29, 0.717) is 48.0 Å². The molecule has 6 heterocycles. The summed E-state index contributed by atoms with van der Waals surface area (Å²) in [6, 6.07) is 2.63. The van der Waals surface area contributed by atoms with Gasteiger partial charge in [0.2, 0.25) is 5.88 Å². The number of ether oxygens (including phenoxy) is 1. The molecule has 6 rings (SSSR count). The fraction of sp³-hybridized carbons (Fsp3) is 0.455. The third-order valence-electron chi connectivity index (χ3n) is 6.60. The minimum absolute atomic E-state index is 0.241. The number of halogens is 1. The van der Waals surface area contributed by atoms with Crippen molar-refractivity contribution in [1.82, 2.24) is 29.8 Å². The van der Waals surface area contributed by atoms with E-state index in [1.165, 1.54) is 12.3 Å². The van der Waals surface area contributed by atoms with E-state index in [1.54, 1.807) is 21.8 Å². The van der Waals surface area contributed by atoms with Gasteiger partial charge in [-0.3, -0.25) is 14.5 Å². The number of aromatic nitrogens is 4. The Labute approximate surface area is 189 Å². The monoisotopic (exact) mass is 453 g/mol. The van der Waals surface area contributed by atoms with Crippen molar-refractivity contribution in [1.29, 1.82) is 0 Å². The Balaban J connectivity index is 1.51. The van der Waals surface area contributed by atoms with E-state index in [0.717, 1.165) is 25.7 Å². The maximum atomic E-state index is 14.3. The van der Waals surface area contributed by atoms with Crippen LogP contribution in [0.3, 0.4) is 0 Å². The molecule has 3 aromatic heterocycles. The first-order chi connectivity index (χ1) is 16.1. The number of hydrogen-bond donors (Lipinski definition) is 1. The maximum absolute atomic E-state index is 14.3. The zero-order chi connectivity index (χ0) is 22.5. The van der Waals surface area contributed by atoms with Gasteiger partial charge in [-0.15, -0.1) is 0 Å². The van der Waals surface area contributed by atoms with Gasteiger partial charge in [-0.05, 0) is 19.0 Å². The maximum Gasteiger partial charge on any atom is 0.257 e. The van der Waals surface area contributed by atoms with E-state index in [1.807, 2.05) is 0 Å². The molecule has 0 radical (unpaired) electrons. The van der Waals surface area contributed by atoms with Crippen molar-refractivity contribution >= 4 is 17.4 Å². The Hall–Kier alpha value is -3.31. The first-order valence-corrected chi connectivity index (χ1v) is 11.2. The standard InChI is InChI=1S/C22H24FN7O3/c1-2-28-6-3-16-18(12-28)33-22-14(9-13(23)10-24-22)17-5-8-32-30(17)19-4-7-29-20(27-19)15(11-25-29)21(31)26-16/h4,7,9-11,16-18H,2-3,5-6,8,12H2,1H3,(H,26,31)/t16-,17-,18?/m1/s1. The third kappa shape index (κ3) is 3.47. The predicted molar refractivity (Wildman–Crippen MR) is 115 cm³/mol. The lowest BCUT2D eigenvalue weighted by molar-refractivity contribution is 0.0508. The smallest absolute Gasteiger partial charge is 0.257 e. The van der Waals surface area contributed by atoms with Gasteiger partial charge in [0, 0.05) is 37.3 Å². The molecular weight excluding hydrogens is 429 g/mol. The second kappa shape index (κ2) is 7.92. The Morgan fingerprint density at radius 2 is 2.21 bits per heavy atom. The second-order valence-corrected chi connectivity index (χ2v) is 8.54. The molecule has 1 N–H and O–H groups in total. The average molecular weight is 453 g/mol. The zero-order valence-electron chi connectivity index (χ0n) is 18.1. The fourth-order valence-corrected chi connectivity index (χ4v) is 4.84. The number of rotatable bonds is 1. The number of amides is 1. The van der Waals surface area contributed by atoms with E-state index in [4.69, 9.17) is 9.57 Å². The summed E-state index contributed by atoms with van der Waals surface area (Å²) in [5.41, 5.74) is 1.41. The molecule has 0 aromatic carbocycles. The van der Waals surface area contributed by atoms with Crippen LogP contribution < -0.4 is 15.1 Å². The van der Waals surface area contributed by atoms with E-state index in [9.17, 15) is 9.18 Å². The van der Waals surface area contributed by atoms with Crippen molar-refractivity contribution in [2.24, 2.45) is 0 Å². The highest BCUT2D eigenvalue weighted by Gasteiger charge is 2.37. The van der Waals surface area contributed by atoms with Crippen molar-refractivity contribution in [3.63, 3.8) is 0 Å². The first-order valence-electron chi connectivity index (χ1n) is 11.2. The lowest BCUT2D eigenvalue weighted by Gasteiger charge is -2.38. The van der Waals surface area contributed by atoms with Crippen LogP contribution >= 0.6 is 0 Å². The molecule has 1 amide bonds. The van der Waals surface area contributed by atoms with Gasteiger partial charge in [0.15, 0.2) is 11.5 Å². The van der Waals surface area contributed by atoms with Crippen LogP contribution in [0, 0.1) is 5.82 Å². The quantitative estimate of drug-likeness (QED) is 0.595.